The molecule has 0 radical (unpaired) electrons. The molecule has 1 heterocycles. The van der Waals surface area contributed by atoms with Crippen molar-refractivity contribution in [2.45, 2.75) is 51.2 Å². The molecule has 2 rings (SSSR count). The van der Waals surface area contributed by atoms with Crippen LogP contribution in [-0.2, 0) is 4.74 Å². The molecule has 3 unspecified atom stereocenters. The fraction of sp³-hybridized carbons (Fsp3) is 1.00. The Morgan fingerprint density at radius 2 is 2.06 bits per heavy atom. The first-order chi connectivity index (χ1) is 8.29. The maximum atomic E-state index is 5.71. The standard InChI is InChI=1S/C14H28N2O/c1-3-15-14-8-4-6-12(14)10-16(2)11-13-7-5-9-17-13/h12-15H,3-11H2,1-2H3. The van der Waals surface area contributed by atoms with E-state index in [1.54, 1.807) is 0 Å². The van der Waals surface area contributed by atoms with Gasteiger partial charge >= 0.3 is 0 Å². The second-order valence-electron chi connectivity index (χ2n) is 5.71. The lowest BCUT2D eigenvalue weighted by atomic mass is 10.0. The van der Waals surface area contributed by atoms with Gasteiger partial charge in [-0.3, -0.25) is 0 Å². The van der Waals surface area contributed by atoms with Gasteiger partial charge in [-0.2, -0.15) is 0 Å². The lowest BCUT2D eigenvalue weighted by Gasteiger charge is -2.27. The van der Waals surface area contributed by atoms with Gasteiger partial charge in [0.25, 0.3) is 0 Å². The Bertz CT molecular complexity index is 216. The zero-order chi connectivity index (χ0) is 12.1. The average molecular weight is 240 g/mol. The minimum Gasteiger partial charge on any atom is -0.377 e. The van der Waals surface area contributed by atoms with E-state index < -0.39 is 0 Å². The van der Waals surface area contributed by atoms with Gasteiger partial charge in [-0.25, -0.2) is 0 Å². The van der Waals surface area contributed by atoms with E-state index in [-0.39, 0.29) is 0 Å². The highest BCUT2D eigenvalue weighted by molar-refractivity contribution is 4.85. The van der Waals surface area contributed by atoms with Crippen LogP contribution in [0, 0.1) is 5.92 Å². The van der Waals surface area contributed by atoms with E-state index in [4.69, 9.17) is 4.74 Å². The molecular formula is C14H28N2O. The molecule has 17 heavy (non-hydrogen) atoms. The Kier molecular flexibility index (Phi) is 5.26. The van der Waals surface area contributed by atoms with Crippen LogP contribution in [0.3, 0.4) is 0 Å². The quantitative estimate of drug-likeness (QED) is 0.767. The highest BCUT2D eigenvalue weighted by atomic mass is 16.5. The normalized spacial score (nSPS) is 33.7. The van der Waals surface area contributed by atoms with Gasteiger partial charge in [0.1, 0.15) is 0 Å². The first-order valence-electron chi connectivity index (χ1n) is 7.33. The molecule has 1 N–H and O–H groups in total. The molecule has 0 spiro atoms. The van der Waals surface area contributed by atoms with Gasteiger partial charge in [-0.15, -0.1) is 0 Å². The van der Waals surface area contributed by atoms with Gasteiger partial charge in [-0.05, 0) is 45.2 Å². The number of nitrogens with zero attached hydrogens (tertiary/aromatic N) is 1. The van der Waals surface area contributed by atoms with Crippen LogP contribution in [0.15, 0.2) is 0 Å². The molecule has 0 bridgehead atoms. The SMILES string of the molecule is CCNC1CCCC1CN(C)CC1CCCO1. The summed E-state index contributed by atoms with van der Waals surface area (Å²) in [6.45, 7) is 6.65. The molecule has 3 nitrogen and oxygen atoms in total. The van der Waals surface area contributed by atoms with E-state index in [1.807, 2.05) is 0 Å². The molecule has 3 atom stereocenters. The van der Waals surface area contributed by atoms with Crippen LogP contribution in [0.2, 0.25) is 0 Å². The fourth-order valence-corrected chi connectivity index (χ4v) is 3.40. The summed E-state index contributed by atoms with van der Waals surface area (Å²) in [4.78, 5) is 2.48. The van der Waals surface area contributed by atoms with Crippen LogP contribution in [0.1, 0.15) is 39.0 Å². The number of likely N-dealkylation sites (N-methyl/N-ethyl adjacent to an activating group) is 1. The molecule has 0 aromatic carbocycles. The van der Waals surface area contributed by atoms with Crippen molar-refractivity contribution >= 4 is 0 Å². The molecule has 0 aromatic rings. The summed E-state index contributed by atoms with van der Waals surface area (Å²) in [5, 5.41) is 3.64. The predicted molar refractivity (Wildman–Crippen MR) is 71.3 cm³/mol. The van der Waals surface area contributed by atoms with E-state index in [0.29, 0.717) is 6.10 Å². The first-order valence-corrected chi connectivity index (χ1v) is 7.33. The summed E-state index contributed by atoms with van der Waals surface area (Å²) < 4.78 is 5.71. The number of rotatable bonds is 6. The number of nitrogens with one attached hydrogen (secondary N) is 1. The van der Waals surface area contributed by atoms with Gasteiger partial charge in [0.2, 0.25) is 0 Å². The molecular weight excluding hydrogens is 212 g/mol. The lowest BCUT2D eigenvalue weighted by molar-refractivity contribution is 0.0755. The average Bonchev–Trinajstić information content (AvgIpc) is 2.92. The molecule has 2 fully saturated rings. The second kappa shape index (κ2) is 6.72. The van der Waals surface area contributed by atoms with Gasteiger partial charge in [-0.1, -0.05) is 13.3 Å². The second-order valence-corrected chi connectivity index (χ2v) is 5.71. The maximum Gasteiger partial charge on any atom is 0.0702 e. The lowest BCUT2D eigenvalue weighted by Crippen LogP contribution is -2.40. The Morgan fingerprint density at radius 1 is 1.18 bits per heavy atom. The fourth-order valence-electron chi connectivity index (χ4n) is 3.40. The number of hydrogen-bond acceptors (Lipinski definition) is 3. The van der Waals surface area contributed by atoms with E-state index in [1.165, 1.54) is 38.6 Å². The molecule has 2 aliphatic rings. The maximum absolute atomic E-state index is 5.71. The van der Waals surface area contributed by atoms with Gasteiger partial charge in [0.05, 0.1) is 6.10 Å². The van der Waals surface area contributed by atoms with Crippen LogP contribution in [0.4, 0.5) is 0 Å². The third kappa shape index (κ3) is 3.94. The number of ether oxygens (including phenoxy) is 1. The van der Waals surface area contributed by atoms with Gasteiger partial charge < -0.3 is 15.0 Å². The Hall–Kier alpha value is -0.120. The molecule has 3 heteroatoms. The zero-order valence-corrected chi connectivity index (χ0v) is 11.5. The monoisotopic (exact) mass is 240 g/mol. The summed E-state index contributed by atoms with van der Waals surface area (Å²) in [6, 6.07) is 0.756. The largest absolute Gasteiger partial charge is 0.377 e. The Morgan fingerprint density at radius 3 is 2.76 bits per heavy atom. The van der Waals surface area contributed by atoms with Crippen LogP contribution < -0.4 is 5.32 Å². The summed E-state index contributed by atoms with van der Waals surface area (Å²) >= 11 is 0. The van der Waals surface area contributed by atoms with Crippen molar-refractivity contribution < 1.29 is 4.74 Å². The van der Waals surface area contributed by atoms with Crippen molar-refractivity contribution in [2.24, 2.45) is 5.92 Å². The molecule has 1 saturated heterocycles. The molecule has 0 amide bonds. The topological polar surface area (TPSA) is 24.5 Å². The summed E-state index contributed by atoms with van der Waals surface area (Å²) in [5.41, 5.74) is 0. The van der Waals surface area contributed by atoms with Gasteiger partial charge in [0.15, 0.2) is 0 Å². The van der Waals surface area contributed by atoms with E-state index in [0.717, 1.165) is 31.7 Å². The van der Waals surface area contributed by atoms with Crippen molar-refractivity contribution in [3.8, 4) is 0 Å². The minimum absolute atomic E-state index is 0.499. The van der Waals surface area contributed by atoms with Crippen LogP contribution in [-0.4, -0.2) is 50.3 Å². The summed E-state index contributed by atoms with van der Waals surface area (Å²) in [7, 11) is 2.25. The highest BCUT2D eigenvalue weighted by Crippen LogP contribution is 2.26. The van der Waals surface area contributed by atoms with Crippen molar-refractivity contribution in [1.82, 2.24) is 10.2 Å². The van der Waals surface area contributed by atoms with Crippen molar-refractivity contribution in [1.29, 1.82) is 0 Å². The summed E-state index contributed by atoms with van der Waals surface area (Å²) in [6.07, 6.45) is 7.17. The Balaban J connectivity index is 1.71. The van der Waals surface area contributed by atoms with E-state index >= 15 is 0 Å². The van der Waals surface area contributed by atoms with Crippen molar-refractivity contribution in [3.05, 3.63) is 0 Å². The third-order valence-corrected chi connectivity index (χ3v) is 4.21. The zero-order valence-electron chi connectivity index (χ0n) is 11.5. The van der Waals surface area contributed by atoms with E-state index in [9.17, 15) is 0 Å². The van der Waals surface area contributed by atoms with Gasteiger partial charge in [0, 0.05) is 25.7 Å². The third-order valence-electron chi connectivity index (χ3n) is 4.21. The van der Waals surface area contributed by atoms with Crippen molar-refractivity contribution in [3.63, 3.8) is 0 Å². The van der Waals surface area contributed by atoms with Crippen LogP contribution in [0.5, 0.6) is 0 Å². The first kappa shape index (κ1) is 13.3. The van der Waals surface area contributed by atoms with Crippen LogP contribution in [0.25, 0.3) is 0 Å². The minimum atomic E-state index is 0.499. The molecule has 1 aliphatic carbocycles. The summed E-state index contributed by atoms with van der Waals surface area (Å²) in [5.74, 6) is 0.848. The highest BCUT2D eigenvalue weighted by Gasteiger charge is 2.28. The molecule has 0 aromatic heterocycles. The Labute approximate surface area is 106 Å². The van der Waals surface area contributed by atoms with Crippen molar-refractivity contribution in [2.75, 3.05) is 33.3 Å². The van der Waals surface area contributed by atoms with Crippen LogP contribution >= 0.6 is 0 Å². The van der Waals surface area contributed by atoms with E-state index in [2.05, 4.69) is 24.2 Å². The molecule has 1 saturated carbocycles. The number of hydrogen-bond donors (Lipinski definition) is 1. The molecule has 1 aliphatic heterocycles. The smallest absolute Gasteiger partial charge is 0.0702 e. The predicted octanol–water partition coefficient (Wildman–Crippen LogP) is 1.88. The molecule has 100 valence electrons.